The molecule has 2 aliphatic heterocycles. The molecule has 6 aliphatic rings. The average molecular weight is 573 g/mol. The molecule has 1 unspecified atom stereocenters. The fourth-order valence-electron chi connectivity index (χ4n) is 12.5. The molecular weight excluding hydrogens is 512 g/mol. The third-order valence-corrected chi connectivity index (χ3v) is 15.0. The van der Waals surface area contributed by atoms with Crippen LogP contribution in [0, 0.1) is 45.3 Å². The summed E-state index contributed by atoms with van der Waals surface area (Å²) in [6.07, 6.45) is 11.1. The minimum Gasteiger partial charge on any atom is -0.393 e. The molecule has 6 heteroatoms. The summed E-state index contributed by atoms with van der Waals surface area (Å²) in [5, 5.41) is 29.7. The summed E-state index contributed by atoms with van der Waals surface area (Å²) in [5.41, 5.74) is -0.729. The molecule has 6 rings (SSSR count). The van der Waals surface area contributed by atoms with E-state index in [4.69, 9.17) is 4.74 Å². The van der Waals surface area contributed by atoms with Gasteiger partial charge in [-0.15, -0.1) is 0 Å². The number of nitrogens with one attached hydrogen (secondary N) is 2. The van der Waals surface area contributed by atoms with Crippen LogP contribution < -0.4 is 10.6 Å². The Morgan fingerprint density at radius 1 is 0.902 bits per heavy atom. The third kappa shape index (κ3) is 4.34. The van der Waals surface area contributed by atoms with Gasteiger partial charge in [-0.2, -0.15) is 0 Å². The SMILES string of the molecule is CC(C)(O)[C@H]1CC[C@@](C)([C@H]2CC[C@]3(C)[C@@H]2[C@H](O)C[C@@H]2[C@@]4(C)CC[C@H](NC(=O)C5CCCN5)C(C)(C)[C@@H]4CC[C@]23C)O1. The van der Waals surface area contributed by atoms with Crippen LogP contribution in [0.4, 0.5) is 0 Å². The molecule has 6 fully saturated rings. The monoisotopic (exact) mass is 572 g/mol. The maximum atomic E-state index is 13.1. The molecule has 1 amide bonds. The number of hydrogen-bond acceptors (Lipinski definition) is 5. The predicted molar refractivity (Wildman–Crippen MR) is 162 cm³/mol. The number of amides is 1. The third-order valence-electron chi connectivity index (χ3n) is 15.0. The van der Waals surface area contributed by atoms with E-state index in [-0.39, 0.29) is 63.4 Å². The van der Waals surface area contributed by atoms with Gasteiger partial charge < -0.3 is 25.6 Å². The lowest BCUT2D eigenvalue weighted by Crippen LogP contribution is -2.68. The number of aliphatic hydroxyl groups is 2. The fraction of sp³-hybridized carbons (Fsp3) is 0.971. The highest BCUT2D eigenvalue weighted by atomic mass is 16.5. The molecule has 0 radical (unpaired) electrons. The van der Waals surface area contributed by atoms with Crippen molar-refractivity contribution >= 4 is 5.91 Å². The van der Waals surface area contributed by atoms with Crippen molar-refractivity contribution in [2.24, 2.45) is 45.3 Å². The Kier molecular flexibility index (Phi) is 7.14. The first kappa shape index (κ1) is 30.3. The summed E-state index contributed by atoms with van der Waals surface area (Å²) in [5.74, 6) is 1.75. The van der Waals surface area contributed by atoms with E-state index in [0.717, 1.165) is 64.3 Å². The summed E-state index contributed by atoms with van der Waals surface area (Å²) in [7, 11) is 0. The van der Waals surface area contributed by atoms with E-state index in [1.165, 1.54) is 12.8 Å². The summed E-state index contributed by atoms with van der Waals surface area (Å²) in [6, 6.07) is 0.176. The van der Waals surface area contributed by atoms with Gasteiger partial charge in [-0.3, -0.25) is 4.79 Å². The van der Waals surface area contributed by atoms with Gasteiger partial charge in [0.05, 0.1) is 29.5 Å². The molecule has 0 bridgehead atoms. The average Bonchev–Trinajstić information content (AvgIpc) is 3.62. The van der Waals surface area contributed by atoms with Gasteiger partial charge in [-0.25, -0.2) is 0 Å². The maximum absolute atomic E-state index is 13.1. The molecule has 0 aromatic carbocycles. The zero-order chi connectivity index (χ0) is 29.8. The molecule has 41 heavy (non-hydrogen) atoms. The molecule has 0 aromatic rings. The smallest absolute Gasteiger partial charge is 0.237 e. The zero-order valence-corrected chi connectivity index (χ0v) is 27.3. The van der Waals surface area contributed by atoms with E-state index in [2.05, 4.69) is 52.2 Å². The molecule has 6 nitrogen and oxygen atoms in total. The quantitative estimate of drug-likeness (QED) is 0.353. The predicted octanol–water partition coefficient (Wildman–Crippen LogP) is 5.59. The van der Waals surface area contributed by atoms with Gasteiger partial charge >= 0.3 is 0 Å². The largest absolute Gasteiger partial charge is 0.393 e. The van der Waals surface area contributed by atoms with Crippen LogP contribution in [0.5, 0.6) is 0 Å². The number of ether oxygens (including phenoxy) is 1. The van der Waals surface area contributed by atoms with Crippen molar-refractivity contribution in [3.63, 3.8) is 0 Å². The lowest BCUT2D eigenvalue weighted by molar-refractivity contribution is -0.240. The maximum Gasteiger partial charge on any atom is 0.237 e. The number of carbonyl (C=O) groups is 1. The standard InChI is InChI=1S/C35H60N2O4/c1-30(2)24-12-17-33(6)25(32(24,5)15-13-26(30)37-29(39)22-10-9-19-36-22)20-23(38)28-21(11-16-34(28,33)7)35(8)18-14-27(41-35)31(3,4)40/h21-28,36,38,40H,9-20H2,1-8H3,(H,37,39)/t21-,22?,23+,24-,25+,26-,27+,28-,32-,33+,34+,35-/m0/s1. The van der Waals surface area contributed by atoms with Crippen LogP contribution in [0.1, 0.15) is 126 Å². The molecule has 4 N–H and O–H groups in total. The van der Waals surface area contributed by atoms with Crippen molar-refractivity contribution in [2.75, 3.05) is 6.54 Å². The molecule has 0 aromatic heterocycles. The van der Waals surface area contributed by atoms with Gasteiger partial charge in [0.2, 0.25) is 5.91 Å². The lowest BCUT2D eigenvalue weighted by Gasteiger charge is -2.71. The number of hydrogen-bond donors (Lipinski definition) is 4. The van der Waals surface area contributed by atoms with Crippen LogP contribution in [0.2, 0.25) is 0 Å². The molecule has 0 spiro atoms. The van der Waals surface area contributed by atoms with Crippen LogP contribution in [-0.2, 0) is 9.53 Å². The van der Waals surface area contributed by atoms with Gasteiger partial charge in [-0.05, 0) is 143 Å². The molecule has 4 saturated carbocycles. The number of aliphatic hydroxyl groups excluding tert-OH is 1. The van der Waals surface area contributed by atoms with Crippen molar-refractivity contribution in [3.05, 3.63) is 0 Å². The number of carbonyl (C=O) groups excluding carboxylic acids is 1. The van der Waals surface area contributed by atoms with Crippen LogP contribution in [-0.4, -0.2) is 58.2 Å². The zero-order valence-electron chi connectivity index (χ0n) is 27.3. The highest BCUT2D eigenvalue weighted by Gasteiger charge is 2.72. The summed E-state index contributed by atoms with van der Waals surface area (Å²) < 4.78 is 6.72. The Morgan fingerprint density at radius 3 is 2.24 bits per heavy atom. The minimum atomic E-state index is -0.840. The Morgan fingerprint density at radius 2 is 1.61 bits per heavy atom. The second-order valence-corrected chi connectivity index (χ2v) is 17.6. The molecular formula is C35H60N2O4. The fourth-order valence-corrected chi connectivity index (χ4v) is 12.5. The van der Waals surface area contributed by atoms with Gasteiger partial charge in [-0.1, -0.05) is 34.6 Å². The van der Waals surface area contributed by atoms with E-state index in [1.54, 1.807) is 0 Å². The van der Waals surface area contributed by atoms with Crippen LogP contribution in [0.3, 0.4) is 0 Å². The number of fused-ring (bicyclic) bond motifs is 5. The first-order valence-corrected chi connectivity index (χ1v) is 17.1. The Hall–Kier alpha value is -0.690. The van der Waals surface area contributed by atoms with Gasteiger partial charge in [0.25, 0.3) is 0 Å². The highest BCUT2D eigenvalue weighted by molar-refractivity contribution is 5.82. The Bertz CT molecular complexity index is 1030. The highest BCUT2D eigenvalue weighted by Crippen LogP contribution is 2.76. The Labute approximate surface area is 249 Å². The second-order valence-electron chi connectivity index (χ2n) is 17.6. The first-order chi connectivity index (χ1) is 19.0. The van der Waals surface area contributed by atoms with Crippen molar-refractivity contribution in [1.29, 1.82) is 0 Å². The summed E-state index contributed by atoms with van der Waals surface area (Å²) in [6.45, 7) is 19.4. The van der Waals surface area contributed by atoms with Crippen molar-refractivity contribution in [2.45, 2.75) is 162 Å². The molecule has 2 heterocycles. The molecule has 234 valence electrons. The van der Waals surface area contributed by atoms with E-state index >= 15 is 0 Å². The minimum absolute atomic E-state index is 0.0147. The van der Waals surface area contributed by atoms with Crippen LogP contribution in [0.15, 0.2) is 0 Å². The first-order valence-electron chi connectivity index (χ1n) is 17.1. The molecule has 4 aliphatic carbocycles. The van der Waals surface area contributed by atoms with E-state index in [9.17, 15) is 15.0 Å². The Balaban J connectivity index is 1.25. The summed E-state index contributed by atoms with van der Waals surface area (Å²) in [4.78, 5) is 13.1. The molecule has 2 saturated heterocycles. The van der Waals surface area contributed by atoms with E-state index < -0.39 is 5.60 Å². The topological polar surface area (TPSA) is 90.8 Å². The second kappa shape index (κ2) is 9.65. The number of rotatable bonds is 4. The lowest BCUT2D eigenvalue weighted by atomic mass is 9.35. The summed E-state index contributed by atoms with van der Waals surface area (Å²) >= 11 is 0. The van der Waals surface area contributed by atoms with E-state index in [1.807, 2.05) is 13.8 Å². The molecule has 12 atom stereocenters. The van der Waals surface area contributed by atoms with Crippen molar-refractivity contribution < 1.29 is 19.7 Å². The van der Waals surface area contributed by atoms with Crippen LogP contribution in [0.25, 0.3) is 0 Å². The normalized spacial score (nSPS) is 52.9. The van der Waals surface area contributed by atoms with Crippen molar-refractivity contribution in [1.82, 2.24) is 10.6 Å². The van der Waals surface area contributed by atoms with Gasteiger partial charge in [0.1, 0.15) is 0 Å². The van der Waals surface area contributed by atoms with Crippen molar-refractivity contribution in [3.8, 4) is 0 Å². The van der Waals surface area contributed by atoms with E-state index in [0.29, 0.717) is 17.8 Å². The van der Waals surface area contributed by atoms with Crippen LogP contribution >= 0.6 is 0 Å². The van der Waals surface area contributed by atoms with Gasteiger partial charge in [0, 0.05) is 6.04 Å². The van der Waals surface area contributed by atoms with Gasteiger partial charge in [0.15, 0.2) is 0 Å².